The fourth-order valence-electron chi connectivity index (χ4n) is 2.09. The third-order valence-corrected chi connectivity index (χ3v) is 3.42. The molecule has 0 saturated heterocycles. The van der Waals surface area contributed by atoms with Crippen molar-refractivity contribution in [3.8, 4) is 0 Å². The van der Waals surface area contributed by atoms with E-state index in [1.54, 1.807) is 4.68 Å². The minimum Gasteiger partial charge on any atom is -0.385 e. The molecule has 0 aliphatic rings. The molecule has 0 saturated carbocycles. The van der Waals surface area contributed by atoms with Crippen molar-refractivity contribution >= 4 is 0 Å². The van der Waals surface area contributed by atoms with E-state index in [0.717, 1.165) is 11.3 Å². The maximum absolute atomic E-state index is 10.6. The zero-order valence-corrected chi connectivity index (χ0v) is 11.4. The van der Waals surface area contributed by atoms with Gasteiger partial charge >= 0.3 is 0 Å². The lowest BCUT2D eigenvalue weighted by Crippen LogP contribution is -2.24. The van der Waals surface area contributed by atoms with Crippen LogP contribution >= 0.6 is 0 Å². The van der Waals surface area contributed by atoms with E-state index in [-0.39, 0.29) is 0 Å². The van der Waals surface area contributed by atoms with E-state index in [9.17, 15) is 5.11 Å². The van der Waals surface area contributed by atoms with Crippen molar-refractivity contribution in [1.29, 1.82) is 0 Å². The molecule has 2 aromatic rings. The summed E-state index contributed by atoms with van der Waals surface area (Å²) in [6, 6.07) is 8.04. The molecule has 0 amide bonds. The second kappa shape index (κ2) is 4.58. The zero-order chi connectivity index (χ0) is 13.3. The van der Waals surface area contributed by atoms with Crippen LogP contribution in [0, 0.1) is 13.8 Å². The quantitative estimate of drug-likeness (QED) is 0.900. The van der Waals surface area contributed by atoms with Gasteiger partial charge in [-0.25, -0.2) is 0 Å². The van der Waals surface area contributed by atoms with Gasteiger partial charge in [-0.2, -0.15) is 5.10 Å². The standard InChI is InChI=1S/C15H20N2O/c1-11-5-6-13(9-12(11)2)15(3,18)10-14-7-8-17(4)16-14/h5-9,18H,10H2,1-4H3. The first-order chi connectivity index (χ1) is 8.38. The van der Waals surface area contributed by atoms with Gasteiger partial charge in [-0.15, -0.1) is 0 Å². The van der Waals surface area contributed by atoms with Gasteiger partial charge in [-0.1, -0.05) is 18.2 Å². The monoisotopic (exact) mass is 244 g/mol. The molecule has 18 heavy (non-hydrogen) atoms. The zero-order valence-electron chi connectivity index (χ0n) is 11.4. The summed E-state index contributed by atoms with van der Waals surface area (Å²) in [6.45, 7) is 5.98. The number of aliphatic hydroxyl groups is 1. The number of hydrogen-bond acceptors (Lipinski definition) is 2. The molecule has 0 spiro atoms. The van der Waals surface area contributed by atoms with Gasteiger partial charge in [-0.3, -0.25) is 4.68 Å². The molecule has 1 unspecified atom stereocenters. The number of benzene rings is 1. The Kier molecular flexibility index (Phi) is 3.26. The van der Waals surface area contributed by atoms with Crippen molar-refractivity contribution in [2.75, 3.05) is 0 Å². The third kappa shape index (κ3) is 2.62. The second-order valence-electron chi connectivity index (χ2n) is 5.23. The molecule has 1 heterocycles. The molecular weight excluding hydrogens is 224 g/mol. The van der Waals surface area contributed by atoms with Crippen molar-refractivity contribution in [2.45, 2.75) is 32.8 Å². The van der Waals surface area contributed by atoms with Gasteiger partial charge in [0.15, 0.2) is 0 Å². The Hall–Kier alpha value is -1.61. The van der Waals surface area contributed by atoms with Gasteiger partial charge in [0.05, 0.1) is 11.3 Å². The summed E-state index contributed by atoms with van der Waals surface area (Å²) in [7, 11) is 1.88. The second-order valence-corrected chi connectivity index (χ2v) is 5.23. The van der Waals surface area contributed by atoms with Crippen LogP contribution in [0.2, 0.25) is 0 Å². The molecule has 1 aromatic heterocycles. The van der Waals surface area contributed by atoms with Crippen LogP contribution < -0.4 is 0 Å². The van der Waals surface area contributed by atoms with Gasteiger partial charge in [0.2, 0.25) is 0 Å². The topological polar surface area (TPSA) is 38.0 Å². The first kappa shape index (κ1) is 12.8. The molecule has 1 atom stereocenters. The molecule has 0 radical (unpaired) electrons. The number of rotatable bonds is 3. The van der Waals surface area contributed by atoms with Crippen LogP contribution in [0.3, 0.4) is 0 Å². The fourth-order valence-corrected chi connectivity index (χ4v) is 2.09. The van der Waals surface area contributed by atoms with E-state index in [1.165, 1.54) is 11.1 Å². The Balaban J connectivity index is 2.26. The van der Waals surface area contributed by atoms with Crippen LogP contribution in [0.4, 0.5) is 0 Å². The van der Waals surface area contributed by atoms with Crippen molar-refractivity contribution in [3.05, 3.63) is 52.8 Å². The lowest BCUT2D eigenvalue weighted by Gasteiger charge is -2.23. The highest BCUT2D eigenvalue weighted by Gasteiger charge is 2.24. The van der Waals surface area contributed by atoms with Crippen molar-refractivity contribution < 1.29 is 5.11 Å². The Labute approximate surface area is 108 Å². The molecule has 1 aromatic carbocycles. The van der Waals surface area contributed by atoms with E-state index >= 15 is 0 Å². The minimum absolute atomic E-state index is 0.524. The normalized spacial score (nSPS) is 14.5. The molecule has 0 aliphatic carbocycles. The predicted octanol–water partition coefficient (Wildman–Crippen LogP) is 2.49. The highest BCUT2D eigenvalue weighted by molar-refractivity contribution is 5.33. The van der Waals surface area contributed by atoms with Crippen LogP contribution in [0.25, 0.3) is 0 Å². The number of nitrogens with zero attached hydrogens (tertiary/aromatic N) is 2. The van der Waals surface area contributed by atoms with Gasteiger partial charge in [0.1, 0.15) is 0 Å². The number of aryl methyl sites for hydroxylation is 3. The molecule has 3 heteroatoms. The lowest BCUT2D eigenvalue weighted by atomic mass is 9.89. The Morgan fingerprint density at radius 2 is 1.94 bits per heavy atom. The van der Waals surface area contributed by atoms with E-state index in [2.05, 4.69) is 31.1 Å². The maximum atomic E-state index is 10.6. The Morgan fingerprint density at radius 1 is 1.22 bits per heavy atom. The van der Waals surface area contributed by atoms with Gasteiger partial charge in [0.25, 0.3) is 0 Å². The molecule has 3 nitrogen and oxygen atoms in total. The van der Waals surface area contributed by atoms with E-state index in [0.29, 0.717) is 6.42 Å². The summed E-state index contributed by atoms with van der Waals surface area (Å²) in [6.07, 6.45) is 2.42. The summed E-state index contributed by atoms with van der Waals surface area (Å²) < 4.78 is 1.76. The molecule has 0 aliphatic heterocycles. The summed E-state index contributed by atoms with van der Waals surface area (Å²) in [5.41, 5.74) is 3.41. The number of aromatic nitrogens is 2. The SMILES string of the molecule is Cc1ccc(C(C)(O)Cc2ccn(C)n2)cc1C. The van der Waals surface area contributed by atoms with Crippen LogP contribution in [-0.2, 0) is 19.1 Å². The summed E-state index contributed by atoms with van der Waals surface area (Å²) in [5, 5.41) is 14.9. The molecule has 1 N–H and O–H groups in total. The third-order valence-electron chi connectivity index (χ3n) is 3.42. The average molecular weight is 244 g/mol. The fraction of sp³-hybridized carbons (Fsp3) is 0.400. The van der Waals surface area contributed by atoms with E-state index < -0.39 is 5.60 Å². The summed E-state index contributed by atoms with van der Waals surface area (Å²) in [5.74, 6) is 0. The van der Waals surface area contributed by atoms with Crippen molar-refractivity contribution in [2.24, 2.45) is 7.05 Å². The van der Waals surface area contributed by atoms with Gasteiger partial charge < -0.3 is 5.11 Å². The lowest BCUT2D eigenvalue weighted by molar-refractivity contribution is 0.0564. The summed E-state index contributed by atoms with van der Waals surface area (Å²) >= 11 is 0. The molecule has 0 bridgehead atoms. The first-order valence-corrected chi connectivity index (χ1v) is 6.17. The first-order valence-electron chi connectivity index (χ1n) is 6.17. The van der Waals surface area contributed by atoms with Crippen LogP contribution in [0.1, 0.15) is 29.3 Å². The minimum atomic E-state index is -0.882. The van der Waals surface area contributed by atoms with Gasteiger partial charge in [-0.05, 0) is 43.5 Å². The van der Waals surface area contributed by atoms with Crippen LogP contribution in [0.15, 0.2) is 30.5 Å². The molecule has 2 rings (SSSR count). The molecule has 96 valence electrons. The predicted molar refractivity (Wildman–Crippen MR) is 72.4 cm³/mol. The Bertz CT molecular complexity index is 555. The van der Waals surface area contributed by atoms with Crippen molar-refractivity contribution in [1.82, 2.24) is 9.78 Å². The molecular formula is C15H20N2O. The maximum Gasteiger partial charge on any atom is 0.0924 e. The number of hydrogen-bond donors (Lipinski definition) is 1. The average Bonchev–Trinajstić information content (AvgIpc) is 2.67. The largest absolute Gasteiger partial charge is 0.385 e. The highest BCUT2D eigenvalue weighted by Crippen LogP contribution is 2.26. The van der Waals surface area contributed by atoms with Crippen LogP contribution in [0.5, 0.6) is 0 Å². The molecule has 0 fully saturated rings. The summed E-state index contributed by atoms with van der Waals surface area (Å²) in [4.78, 5) is 0. The van der Waals surface area contributed by atoms with Crippen molar-refractivity contribution in [3.63, 3.8) is 0 Å². The van der Waals surface area contributed by atoms with Crippen LogP contribution in [-0.4, -0.2) is 14.9 Å². The highest BCUT2D eigenvalue weighted by atomic mass is 16.3. The van der Waals surface area contributed by atoms with E-state index in [4.69, 9.17) is 0 Å². The van der Waals surface area contributed by atoms with Gasteiger partial charge in [0, 0.05) is 19.7 Å². The smallest absolute Gasteiger partial charge is 0.0924 e. The van der Waals surface area contributed by atoms with E-state index in [1.807, 2.05) is 32.3 Å². The Morgan fingerprint density at radius 3 is 2.50 bits per heavy atom.